The number of halogens is 1. The Morgan fingerprint density at radius 1 is 1.37 bits per heavy atom. The Labute approximate surface area is 122 Å². The lowest BCUT2D eigenvalue weighted by Crippen LogP contribution is -2.30. The van der Waals surface area contributed by atoms with Gasteiger partial charge in [-0.25, -0.2) is 0 Å². The molecule has 1 aromatic rings. The van der Waals surface area contributed by atoms with Gasteiger partial charge in [-0.2, -0.15) is 5.10 Å². The molecule has 4 heteroatoms. The summed E-state index contributed by atoms with van der Waals surface area (Å²) in [5.74, 6) is 0. The van der Waals surface area contributed by atoms with Gasteiger partial charge in [-0.15, -0.1) is 0 Å². The second kappa shape index (κ2) is 6.76. The molecule has 1 unspecified atom stereocenters. The van der Waals surface area contributed by atoms with E-state index in [-0.39, 0.29) is 5.41 Å². The third-order valence-corrected chi connectivity index (χ3v) is 4.13. The van der Waals surface area contributed by atoms with Crippen LogP contribution in [0.5, 0.6) is 0 Å². The first-order chi connectivity index (χ1) is 8.84. The van der Waals surface area contributed by atoms with Crippen LogP contribution in [-0.4, -0.2) is 22.9 Å². The van der Waals surface area contributed by atoms with Crippen LogP contribution in [0.3, 0.4) is 0 Å². The first-order valence-corrected chi connectivity index (χ1v) is 7.63. The van der Waals surface area contributed by atoms with Crippen LogP contribution in [-0.2, 0) is 19.4 Å². The molecule has 0 fully saturated rings. The molecule has 0 saturated carbocycles. The van der Waals surface area contributed by atoms with E-state index in [1.807, 2.05) is 7.05 Å². The molecule has 1 N–H and O–H groups in total. The van der Waals surface area contributed by atoms with E-state index in [1.54, 1.807) is 0 Å². The lowest BCUT2D eigenvalue weighted by Gasteiger charge is -2.28. The number of aromatic nitrogens is 2. The van der Waals surface area contributed by atoms with E-state index in [1.165, 1.54) is 5.69 Å². The summed E-state index contributed by atoms with van der Waals surface area (Å²) in [5, 5.41) is 8.78. The molecule has 19 heavy (non-hydrogen) atoms. The highest BCUT2D eigenvalue weighted by atomic mass is 35.5. The summed E-state index contributed by atoms with van der Waals surface area (Å²) >= 11 is 6.49. The zero-order valence-corrected chi connectivity index (χ0v) is 13.9. The number of nitrogens with one attached hydrogen (secondary N) is 1. The van der Waals surface area contributed by atoms with Crippen LogP contribution >= 0.6 is 11.6 Å². The van der Waals surface area contributed by atoms with Gasteiger partial charge in [-0.3, -0.25) is 4.68 Å². The van der Waals surface area contributed by atoms with Crippen LogP contribution in [0.25, 0.3) is 0 Å². The minimum Gasteiger partial charge on any atom is -0.317 e. The fourth-order valence-electron chi connectivity index (χ4n) is 2.64. The summed E-state index contributed by atoms with van der Waals surface area (Å²) in [6, 6.07) is 0.511. The van der Waals surface area contributed by atoms with Gasteiger partial charge < -0.3 is 5.32 Å². The zero-order chi connectivity index (χ0) is 14.6. The molecule has 0 aliphatic heterocycles. The maximum Gasteiger partial charge on any atom is 0.0850 e. The Bertz CT molecular complexity index is 410. The second-order valence-electron chi connectivity index (χ2n) is 6.11. The number of nitrogens with zero attached hydrogens (tertiary/aromatic N) is 2. The summed E-state index contributed by atoms with van der Waals surface area (Å²) in [6.07, 6.45) is 2.99. The summed E-state index contributed by atoms with van der Waals surface area (Å²) in [4.78, 5) is 0. The molecule has 0 radical (unpaired) electrons. The molecular weight excluding hydrogens is 258 g/mol. The van der Waals surface area contributed by atoms with Crippen molar-refractivity contribution in [1.82, 2.24) is 15.1 Å². The van der Waals surface area contributed by atoms with Gasteiger partial charge in [-0.1, -0.05) is 32.4 Å². The molecular formula is C15H28ClN3. The average Bonchev–Trinajstić information content (AvgIpc) is 2.65. The quantitative estimate of drug-likeness (QED) is 0.828. The third-order valence-electron chi connectivity index (χ3n) is 3.69. The molecule has 0 aliphatic rings. The fraction of sp³-hybridized carbons (Fsp3) is 0.800. The number of hydrogen-bond acceptors (Lipinski definition) is 2. The molecule has 0 spiro atoms. The van der Waals surface area contributed by atoms with Crippen molar-refractivity contribution in [3.8, 4) is 0 Å². The van der Waals surface area contributed by atoms with Crippen molar-refractivity contribution >= 4 is 11.6 Å². The number of hydrogen-bond donors (Lipinski definition) is 1. The minimum absolute atomic E-state index is 0.212. The number of aryl methyl sites for hydroxylation is 2. The average molecular weight is 286 g/mol. The van der Waals surface area contributed by atoms with Crippen LogP contribution < -0.4 is 5.32 Å². The van der Waals surface area contributed by atoms with Crippen molar-refractivity contribution in [2.45, 2.75) is 66.5 Å². The van der Waals surface area contributed by atoms with Gasteiger partial charge in [-0.05, 0) is 45.6 Å². The fourth-order valence-corrected chi connectivity index (χ4v) is 2.98. The third kappa shape index (κ3) is 4.22. The van der Waals surface area contributed by atoms with E-state index in [4.69, 9.17) is 11.6 Å². The highest BCUT2D eigenvalue weighted by Gasteiger charge is 2.25. The van der Waals surface area contributed by atoms with Gasteiger partial charge in [0.2, 0.25) is 0 Å². The van der Waals surface area contributed by atoms with Crippen LogP contribution in [0, 0.1) is 5.41 Å². The molecule has 0 bridgehead atoms. The van der Waals surface area contributed by atoms with E-state index < -0.39 is 0 Å². The predicted octanol–water partition coefficient (Wildman–Crippen LogP) is 3.69. The van der Waals surface area contributed by atoms with E-state index in [0.717, 1.165) is 36.5 Å². The van der Waals surface area contributed by atoms with Crippen LogP contribution in [0.2, 0.25) is 5.02 Å². The number of rotatable bonds is 7. The molecule has 1 heterocycles. The van der Waals surface area contributed by atoms with Crippen LogP contribution in [0.15, 0.2) is 0 Å². The molecule has 0 aromatic carbocycles. The lowest BCUT2D eigenvalue weighted by molar-refractivity contribution is 0.286. The van der Waals surface area contributed by atoms with Crippen molar-refractivity contribution in [2.24, 2.45) is 5.41 Å². The Balaban J connectivity index is 2.94. The molecule has 1 atom stereocenters. The monoisotopic (exact) mass is 285 g/mol. The summed E-state index contributed by atoms with van der Waals surface area (Å²) < 4.78 is 2.06. The van der Waals surface area contributed by atoms with Crippen molar-refractivity contribution in [2.75, 3.05) is 7.05 Å². The molecule has 1 aromatic heterocycles. The van der Waals surface area contributed by atoms with Gasteiger partial charge >= 0.3 is 0 Å². The van der Waals surface area contributed by atoms with Crippen molar-refractivity contribution in [3.05, 3.63) is 16.4 Å². The van der Waals surface area contributed by atoms with Crippen molar-refractivity contribution in [3.63, 3.8) is 0 Å². The van der Waals surface area contributed by atoms with Gasteiger partial charge in [0, 0.05) is 12.6 Å². The lowest BCUT2D eigenvalue weighted by atomic mass is 9.81. The first-order valence-electron chi connectivity index (χ1n) is 7.26. The normalized spacial score (nSPS) is 13.8. The predicted molar refractivity (Wildman–Crippen MR) is 82.9 cm³/mol. The smallest absolute Gasteiger partial charge is 0.0850 e. The van der Waals surface area contributed by atoms with E-state index >= 15 is 0 Å². The Morgan fingerprint density at radius 2 is 2.00 bits per heavy atom. The Hall–Kier alpha value is -0.540. The molecule has 3 nitrogen and oxygen atoms in total. The minimum atomic E-state index is 0.212. The van der Waals surface area contributed by atoms with Crippen LogP contribution in [0.1, 0.15) is 52.4 Å². The van der Waals surface area contributed by atoms with Gasteiger partial charge in [0.15, 0.2) is 0 Å². The van der Waals surface area contributed by atoms with E-state index in [9.17, 15) is 0 Å². The SMILES string of the molecule is CCc1nn(CC)c(CC(C)(C)CC(C)NC)c1Cl. The molecule has 1 rings (SSSR count). The van der Waals surface area contributed by atoms with Crippen LogP contribution in [0.4, 0.5) is 0 Å². The zero-order valence-electron chi connectivity index (χ0n) is 13.2. The summed E-state index contributed by atoms with van der Waals surface area (Å²) in [7, 11) is 2.01. The van der Waals surface area contributed by atoms with Crippen molar-refractivity contribution < 1.29 is 0 Å². The van der Waals surface area contributed by atoms with Gasteiger partial charge in [0.1, 0.15) is 0 Å². The molecule has 110 valence electrons. The van der Waals surface area contributed by atoms with Crippen molar-refractivity contribution in [1.29, 1.82) is 0 Å². The molecule has 0 saturated heterocycles. The Kier molecular flexibility index (Phi) is 5.87. The second-order valence-corrected chi connectivity index (χ2v) is 6.49. The molecule has 0 aliphatic carbocycles. The first kappa shape index (κ1) is 16.5. The summed E-state index contributed by atoms with van der Waals surface area (Å²) in [5.41, 5.74) is 2.43. The van der Waals surface area contributed by atoms with E-state index in [2.05, 4.69) is 49.7 Å². The maximum atomic E-state index is 6.49. The van der Waals surface area contributed by atoms with Gasteiger partial charge in [0.05, 0.1) is 16.4 Å². The van der Waals surface area contributed by atoms with E-state index in [0.29, 0.717) is 6.04 Å². The Morgan fingerprint density at radius 3 is 2.47 bits per heavy atom. The van der Waals surface area contributed by atoms with Gasteiger partial charge in [0.25, 0.3) is 0 Å². The summed E-state index contributed by atoms with van der Waals surface area (Å²) in [6.45, 7) is 11.9. The maximum absolute atomic E-state index is 6.49. The topological polar surface area (TPSA) is 29.9 Å². The molecule has 0 amide bonds. The highest BCUT2D eigenvalue weighted by molar-refractivity contribution is 6.31. The highest BCUT2D eigenvalue weighted by Crippen LogP contribution is 2.32. The largest absolute Gasteiger partial charge is 0.317 e. The standard InChI is InChI=1S/C15H28ClN3/c1-7-12-14(16)13(19(8-2)18-12)10-15(4,5)9-11(3)17-6/h11,17H,7-10H2,1-6H3.